The molecule has 0 bridgehead atoms. The van der Waals surface area contributed by atoms with Crippen LogP contribution in [0.3, 0.4) is 0 Å². The Morgan fingerprint density at radius 1 is 1.32 bits per heavy atom. The Balaban J connectivity index is 1.69. The van der Waals surface area contributed by atoms with E-state index in [-0.39, 0.29) is 23.6 Å². The highest BCUT2D eigenvalue weighted by Gasteiger charge is 2.28. The van der Waals surface area contributed by atoms with Crippen molar-refractivity contribution in [2.45, 2.75) is 26.3 Å². The van der Waals surface area contributed by atoms with Crippen molar-refractivity contribution < 1.29 is 17.9 Å². The first-order chi connectivity index (χ1) is 10.4. The van der Waals surface area contributed by atoms with Gasteiger partial charge in [0.15, 0.2) is 9.84 Å². The first-order valence-corrected chi connectivity index (χ1v) is 9.13. The molecule has 1 aliphatic heterocycles. The van der Waals surface area contributed by atoms with Gasteiger partial charge in [0.1, 0.15) is 12.4 Å². The summed E-state index contributed by atoms with van der Waals surface area (Å²) in [5, 5.41) is 5.35. The quantitative estimate of drug-likeness (QED) is 0.796. The molecule has 1 saturated heterocycles. The molecule has 1 aromatic rings. The van der Waals surface area contributed by atoms with Gasteiger partial charge in [0.05, 0.1) is 18.1 Å². The van der Waals surface area contributed by atoms with Gasteiger partial charge < -0.3 is 15.4 Å². The van der Waals surface area contributed by atoms with Crippen molar-refractivity contribution in [3.63, 3.8) is 0 Å². The molecule has 0 aromatic heterocycles. The molecule has 1 aromatic carbocycles. The fourth-order valence-electron chi connectivity index (χ4n) is 2.49. The van der Waals surface area contributed by atoms with E-state index < -0.39 is 9.84 Å². The fourth-order valence-corrected chi connectivity index (χ4v) is 4.16. The van der Waals surface area contributed by atoms with Gasteiger partial charge in [0.2, 0.25) is 0 Å². The van der Waals surface area contributed by atoms with E-state index in [4.69, 9.17) is 4.74 Å². The second kappa shape index (κ2) is 7.00. The molecule has 22 heavy (non-hydrogen) atoms. The van der Waals surface area contributed by atoms with E-state index in [0.717, 1.165) is 16.9 Å². The minimum absolute atomic E-state index is 0.0271. The number of aryl methyl sites for hydroxylation is 2. The predicted octanol–water partition coefficient (Wildman–Crippen LogP) is 1.17. The Labute approximate surface area is 131 Å². The lowest BCUT2D eigenvalue weighted by atomic mass is 10.1. The molecule has 0 saturated carbocycles. The number of nitrogens with one attached hydrogen (secondary N) is 2. The van der Waals surface area contributed by atoms with E-state index in [9.17, 15) is 13.2 Å². The lowest BCUT2D eigenvalue weighted by Crippen LogP contribution is -2.43. The number of ether oxygens (including phenoxy) is 1. The Morgan fingerprint density at radius 3 is 2.59 bits per heavy atom. The minimum atomic E-state index is -2.98. The summed E-state index contributed by atoms with van der Waals surface area (Å²) in [5.74, 6) is 1.01. The topological polar surface area (TPSA) is 84.5 Å². The number of amides is 2. The van der Waals surface area contributed by atoms with Crippen LogP contribution in [0.1, 0.15) is 17.5 Å². The molecule has 122 valence electrons. The average Bonchev–Trinajstić information content (AvgIpc) is 2.76. The number of urea groups is 1. The van der Waals surface area contributed by atoms with Gasteiger partial charge in [-0.25, -0.2) is 13.2 Å². The summed E-state index contributed by atoms with van der Waals surface area (Å²) in [7, 11) is -2.98. The van der Waals surface area contributed by atoms with Crippen molar-refractivity contribution in [2.75, 3.05) is 24.7 Å². The van der Waals surface area contributed by atoms with Crippen LogP contribution in [0.2, 0.25) is 0 Å². The standard InChI is InChI=1S/C15H22N2O4S/c1-11-4-3-5-12(2)14(11)21-8-7-16-15(18)17-13-6-9-22(19,20)10-13/h3-5,13H,6-10H2,1-2H3,(H2,16,17,18)/t13-/m1/s1. The number of benzene rings is 1. The zero-order valence-electron chi connectivity index (χ0n) is 12.9. The van der Waals surface area contributed by atoms with Crippen LogP contribution in [0.15, 0.2) is 18.2 Å². The van der Waals surface area contributed by atoms with Gasteiger partial charge in [-0.2, -0.15) is 0 Å². The second-order valence-corrected chi connectivity index (χ2v) is 7.80. The molecule has 6 nitrogen and oxygen atoms in total. The van der Waals surface area contributed by atoms with Crippen molar-refractivity contribution in [2.24, 2.45) is 0 Å². The van der Waals surface area contributed by atoms with Crippen molar-refractivity contribution >= 4 is 15.9 Å². The van der Waals surface area contributed by atoms with Crippen molar-refractivity contribution in [1.29, 1.82) is 0 Å². The summed E-state index contributed by atoms with van der Waals surface area (Å²) in [5.41, 5.74) is 2.11. The van der Waals surface area contributed by atoms with Gasteiger partial charge in [-0.15, -0.1) is 0 Å². The maximum atomic E-state index is 11.7. The van der Waals surface area contributed by atoms with Crippen LogP contribution in [0.4, 0.5) is 4.79 Å². The number of hydrogen-bond acceptors (Lipinski definition) is 4. The van der Waals surface area contributed by atoms with Crippen LogP contribution in [-0.2, 0) is 9.84 Å². The minimum Gasteiger partial charge on any atom is -0.491 e. The molecule has 0 unspecified atom stereocenters. The van der Waals surface area contributed by atoms with Crippen molar-refractivity contribution in [3.8, 4) is 5.75 Å². The summed E-state index contributed by atoms with van der Waals surface area (Å²) in [4.78, 5) is 11.7. The number of carbonyl (C=O) groups is 1. The zero-order valence-corrected chi connectivity index (χ0v) is 13.7. The van der Waals surface area contributed by atoms with Crippen LogP contribution >= 0.6 is 0 Å². The molecular weight excluding hydrogens is 304 g/mol. The molecule has 0 radical (unpaired) electrons. The van der Waals surface area contributed by atoms with Gasteiger partial charge in [-0.3, -0.25) is 0 Å². The van der Waals surface area contributed by atoms with Gasteiger partial charge in [0, 0.05) is 6.04 Å². The third-order valence-corrected chi connectivity index (χ3v) is 5.38. The Hall–Kier alpha value is -1.76. The third kappa shape index (κ3) is 4.62. The average molecular weight is 326 g/mol. The largest absolute Gasteiger partial charge is 0.491 e. The molecule has 1 aliphatic rings. The zero-order chi connectivity index (χ0) is 16.2. The van der Waals surface area contributed by atoms with Crippen LogP contribution in [0.5, 0.6) is 5.75 Å². The van der Waals surface area contributed by atoms with Crippen LogP contribution in [-0.4, -0.2) is 45.1 Å². The number of sulfone groups is 1. The van der Waals surface area contributed by atoms with Gasteiger partial charge in [-0.1, -0.05) is 18.2 Å². The smallest absolute Gasteiger partial charge is 0.315 e. The van der Waals surface area contributed by atoms with Gasteiger partial charge in [0.25, 0.3) is 0 Å². The van der Waals surface area contributed by atoms with E-state index in [0.29, 0.717) is 19.6 Å². The van der Waals surface area contributed by atoms with E-state index in [1.807, 2.05) is 32.0 Å². The fraction of sp³-hybridized carbons (Fsp3) is 0.533. The first kappa shape index (κ1) is 16.6. The molecule has 1 heterocycles. The maximum absolute atomic E-state index is 11.7. The van der Waals surface area contributed by atoms with Crippen molar-refractivity contribution in [1.82, 2.24) is 10.6 Å². The summed E-state index contributed by atoms with van der Waals surface area (Å²) < 4.78 is 28.3. The first-order valence-electron chi connectivity index (χ1n) is 7.31. The van der Waals surface area contributed by atoms with E-state index in [2.05, 4.69) is 10.6 Å². The Kier molecular flexibility index (Phi) is 5.28. The highest BCUT2D eigenvalue weighted by molar-refractivity contribution is 7.91. The summed E-state index contributed by atoms with van der Waals surface area (Å²) in [6.07, 6.45) is 0.481. The normalized spacial score (nSPS) is 19.6. The number of para-hydroxylation sites is 1. The molecule has 1 fully saturated rings. The van der Waals surface area contributed by atoms with Crippen LogP contribution in [0.25, 0.3) is 0 Å². The molecule has 2 N–H and O–H groups in total. The van der Waals surface area contributed by atoms with Crippen LogP contribution < -0.4 is 15.4 Å². The summed E-state index contributed by atoms with van der Waals surface area (Å²) in [6.45, 7) is 4.67. The van der Waals surface area contributed by atoms with Gasteiger partial charge >= 0.3 is 6.03 Å². The third-order valence-electron chi connectivity index (χ3n) is 3.61. The lowest BCUT2D eigenvalue weighted by Gasteiger charge is -2.14. The second-order valence-electron chi connectivity index (χ2n) is 5.57. The number of hydrogen-bond donors (Lipinski definition) is 2. The highest BCUT2D eigenvalue weighted by atomic mass is 32.2. The Morgan fingerprint density at radius 2 is 2.00 bits per heavy atom. The highest BCUT2D eigenvalue weighted by Crippen LogP contribution is 2.21. The number of carbonyl (C=O) groups excluding carboxylic acids is 1. The van der Waals surface area contributed by atoms with Crippen LogP contribution in [0, 0.1) is 13.8 Å². The molecule has 2 rings (SSSR count). The molecular formula is C15H22N2O4S. The molecule has 2 amide bonds. The Bertz CT molecular complexity index is 623. The maximum Gasteiger partial charge on any atom is 0.315 e. The molecule has 0 spiro atoms. The molecule has 1 atom stereocenters. The van der Waals surface area contributed by atoms with Gasteiger partial charge in [-0.05, 0) is 31.4 Å². The monoisotopic (exact) mass is 326 g/mol. The molecule has 7 heteroatoms. The summed E-state index contributed by atoms with van der Waals surface area (Å²) >= 11 is 0. The van der Waals surface area contributed by atoms with Crippen molar-refractivity contribution in [3.05, 3.63) is 29.3 Å². The predicted molar refractivity (Wildman–Crippen MR) is 85.0 cm³/mol. The van der Waals surface area contributed by atoms with E-state index >= 15 is 0 Å². The lowest BCUT2D eigenvalue weighted by molar-refractivity contribution is 0.233. The number of rotatable bonds is 5. The summed E-state index contributed by atoms with van der Waals surface area (Å²) in [6, 6.07) is 5.28. The van der Waals surface area contributed by atoms with E-state index in [1.54, 1.807) is 0 Å². The SMILES string of the molecule is Cc1cccc(C)c1OCCNC(=O)N[C@@H]1CCS(=O)(=O)C1. The molecule has 0 aliphatic carbocycles. The van der Waals surface area contributed by atoms with E-state index in [1.165, 1.54) is 0 Å².